The molecule has 5 rings (SSSR count). The molecule has 2 aliphatic carbocycles. The summed E-state index contributed by atoms with van der Waals surface area (Å²) in [5.41, 5.74) is 7.41. The molecule has 27 heavy (non-hydrogen) atoms. The first kappa shape index (κ1) is 22.2. The van der Waals surface area contributed by atoms with Crippen molar-refractivity contribution in [3.63, 3.8) is 0 Å². The second-order valence-electron chi connectivity index (χ2n) is 6.98. The van der Waals surface area contributed by atoms with Gasteiger partial charge in [0.25, 0.3) is 0 Å². The van der Waals surface area contributed by atoms with Gasteiger partial charge in [-0.2, -0.15) is 0 Å². The fourth-order valence-electron chi connectivity index (χ4n) is 4.57. The molecular formula is C24H20Cl2Zr. The van der Waals surface area contributed by atoms with E-state index in [1.165, 1.54) is 33.0 Å². The Balaban J connectivity index is 0.000000871. The van der Waals surface area contributed by atoms with Crippen LogP contribution in [0.3, 0.4) is 0 Å². The zero-order valence-electron chi connectivity index (χ0n) is 15.1. The van der Waals surface area contributed by atoms with Crippen molar-refractivity contribution < 1.29 is 51.0 Å². The van der Waals surface area contributed by atoms with E-state index in [0.29, 0.717) is 11.8 Å². The van der Waals surface area contributed by atoms with Crippen LogP contribution in [-0.2, 0) is 26.2 Å². The van der Waals surface area contributed by atoms with Crippen molar-refractivity contribution in [1.29, 1.82) is 0 Å². The van der Waals surface area contributed by atoms with E-state index in [4.69, 9.17) is 0 Å². The molecule has 0 saturated heterocycles. The van der Waals surface area contributed by atoms with Crippen LogP contribution < -0.4 is 24.8 Å². The largest absolute Gasteiger partial charge is 2.00 e. The first-order valence-corrected chi connectivity index (χ1v) is 8.81. The molecule has 0 N–H and O–H groups in total. The van der Waals surface area contributed by atoms with Crippen molar-refractivity contribution in [1.82, 2.24) is 0 Å². The number of halogens is 2. The van der Waals surface area contributed by atoms with Gasteiger partial charge >= 0.3 is 26.2 Å². The van der Waals surface area contributed by atoms with E-state index in [-0.39, 0.29) is 51.0 Å². The van der Waals surface area contributed by atoms with Crippen molar-refractivity contribution in [2.45, 2.75) is 19.3 Å². The van der Waals surface area contributed by atoms with Gasteiger partial charge in [-0.05, 0) is 45.4 Å². The second-order valence-corrected chi connectivity index (χ2v) is 6.98. The number of benzene rings is 3. The minimum absolute atomic E-state index is 0. The first-order valence-electron chi connectivity index (χ1n) is 8.81. The van der Waals surface area contributed by atoms with E-state index < -0.39 is 0 Å². The zero-order chi connectivity index (χ0) is 16.1. The summed E-state index contributed by atoms with van der Waals surface area (Å²) in [6.07, 6.45) is 7.89. The average molecular weight is 471 g/mol. The standard InChI is InChI=1S/C24H20.2ClH.Zr/c1-16(17-8-2-3-9-17)23-20-12-6-7-13-21(20)24-19-11-5-4-10-18(19)14-15-22(23)24;;;/h2-8,10-16,23H,9H2,1H3;2*1H;/q;;;+2/p-2. The molecule has 2 aliphatic rings. The molecule has 0 nitrogen and oxygen atoms in total. The van der Waals surface area contributed by atoms with Crippen molar-refractivity contribution in [3.8, 4) is 11.1 Å². The molecule has 134 valence electrons. The second kappa shape index (κ2) is 8.91. The summed E-state index contributed by atoms with van der Waals surface area (Å²) in [5.74, 6) is 0.996. The molecule has 3 heteroatoms. The van der Waals surface area contributed by atoms with E-state index in [1.807, 2.05) is 0 Å². The van der Waals surface area contributed by atoms with E-state index >= 15 is 0 Å². The molecule has 0 fully saturated rings. The monoisotopic (exact) mass is 468 g/mol. The molecule has 2 atom stereocenters. The third-order valence-electron chi connectivity index (χ3n) is 5.75. The van der Waals surface area contributed by atoms with Crippen LogP contribution in [0.4, 0.5) is 0 Å². The van der Waals surface area contributed by atoms with Crippen LogP contribution in [0.15, 0.2) is 84.5 Å². The van der Waals surface area contributed by atoms with Crippen molar-refractivity contribution in [2.75, 3.05) is 0 Å². The molecule has 0 amide bonds. The zero-order valence-corrected chi connectivity index (χ0v) is 19.1. The Morgan fingerprint density at radius 1 is 0.852 bits per heavy atom. The van der Waals surface area contributed by atoms with Crippen LogP contribution in [0.5, 0.6) is 0 Å². The minimum Gasteiger partial charge on any atom is -1.00 e. The minimum atomic E-state index is 0. The van der Waals surface area contributed by atoms with Crippen molar-refractivity contribution in [3.05, 3.63) is 95.6 Å². The van der Waals surface area contributed by atoms with Crippen molar-refractivity contribution >= 4 is 10.8 Å². The smallest absolute Gasteiger partial charge is 1.00 e. The summed E-state index contributed by atoms with van der Waals surface area (Å²) in [4.78, 5) is 0. The van der Waals surface area contributed by atoms with Crippen LogP contribution in [0.1, 0.15) is 30.4 Å². The van der Waals surface area contributed by atoms with E-state index in [0.717, 1.165) is 6.42 Å². The summed E-state index contributed by atoms with van der Waals surface area (Å²) in [7, 11) is 0. The number of rotatable bonds is 2. The fourth-order valence-corrected chi connectivity index (χ4v) is 4.57. The predicted molar refractivity (Wildman–Crippen MR) is 102 cm³/mol. The maximum absolute atomic E-state index is 2.39. The molecule has 0 saturated carbocycles. The summed E-state index contributed by atoms with van der Waals surface area (Å²) in [5, 5.41) is 2.72. The van der Waals surface area contributed by atoms with Gasteiger partial charge in [0.1, 0.15) is 0 Å². The predicted octanol–water partition coefficient (Wildman–Crippen LogP) is 0.480. The molecule has 0 aromatic heterocycles. The maximum Gasteiger partial charge on any atom is 2.00 e. The molecular weight excluding hydrogens is 450 g/mol. The number of fused-ring (bicyclic) bond motifs is 5. The fraction of sp³-hybridized carbons (Fsp3) is 0.167. The third-order valence-corrected chi connectivity index (χ3v) is 5.75. The molecule has 0 heterocycles. The third kappa shape index (κ3) is 3.51. The Bertz CT molecular complexity index is 1020. The van der Waals surface area contributed by atoms with Crippen LogP contribution >= 0.6 is 0 Å². The Kier molecular flexibility index (Phi) is 7.31. The van der Waals surface area contributed by atoms with Gasteiger partial charge < -0.3 is 24.8 Å². The molecule has 2 unspecified atom stereocenters. The van der Waals surface area contributed by atoms with Gasteiger partial charge in [-0.15, -0.1) is 0 Å². The number of hydrogen-bond donors (Lipinski definition) is 0. The topological polar surface area (TPSA) is 0 Å². The van der Waals surface area contributed by atoms with Gasteiger partial charge in [-0.3, -0.25) is 0 Å². The maximum atomic E-state index is 2.39. The van der Waals surface area contributed by atoms with Gasteiger partial charge in [0.05, 0.1) is 0 Å². The number of hydrogen-bond acceptors (Lipinski definition) is 0. The Labute approximate surface area is 192 Å². The molecule has 3 aromatic carbocycles. The van der Waals surface area contributed by atoms with Gasteiger partial charge in [-0.25, -0.2) is 0 Å². The van der Waals surface area contributed by atoms with Crippen LogP contribution in [0.25, 0.3) is 21.9 Å². The summed E-state index contributed by atoms with van der Waals surface area (Å²) < 4.78 is 0. The van der Waals surface area contributed by atoms with Gasteiger partial charge in [-0.1, -0.05) is 91.4 Å². The number of allylic oxidation sites excluding steroid dienone is 4. The van der Waals surface area contributed by atoms with E-state index in [2.05, 4.69) is 85.8 Å². The first-order chi connectivity index (χ1) is 11.8. The van der Waals surface area contributed by atoms with Crippen LogP contribution in [0.2, 0.25) is 0 Å². The SMILES string of the molecule is CC(C1=CC=CC1)C1c2ccccc2-c2c1ccc1ccccc21.[Cl-].[Cl-].[Zr+2]. The van der Waals surface area contributed by atoms with Gasteiger partial charge in [0.15, 0.2) is 0 Å². The Morgan fingerprint density at radius 3 is 2.37 bits per heavy atom. The normalized spacial score (nSPS) is 17.1. The average Bonchev–Trinajstić information content (AvgIpc) is 3.27. The van der Waals surface area contributed by atoms with Crippen molar-refractivity contribution in [2.24, 2.45) is 5.92 Å². The quantitative estimate of drug-likeness (QED) is 0.511. The van der Waals surface area contributed by atoms with Crippen LogP contribution in [-0.4, -0.2) is 0 Å². The molecule has 0 spiro atoms. The molecule has 0 aliphatic heterocycles. The summed E-state index contributed by atoms with van der Waals surface area (Å²) in [6.45, 7) is 2.39. The molecule has 3 aromatic rings. The summed E-state index contributed by atoms with van der Waals surface area (Å²) in [6, 6.07) is 22.4. The van der Waals surface area contributed by atoms with E-state index in [1.54, 1.807) is 5.57 Å². The van der Waals surface area contributed by atoms with E-state index in [9.17, 15) is 0 Å². The Morgan fingerprint density at radius 2 is 1.59 bits per heavy atom. The molecule has 0 radical (unpaired) electrons. The molecule has 0 bridgehead atoms. The van der Waals surface area contributed by atoms with Gasteiger partial charge in [0.2, 0.25) is 0 Å². The summed E-state index contributed by atoms with van der Waals surface area (Å²) >= 11 is 0. The van der Waals surface area contributed by atoms with Gasteiger partial charge in [0, 0.05) is 5.92 Å². The Hall–Kier alpha value is -1.14. The van der Waals surface area contributed by atoms with Crippen LogP contribution in [0, 0.1) is 5.92 Å².